The lowest BCUT2D eigenvalue weighted by Crippen LogP contribution is -2.40. The van der Waals surface area contributed by atoms with Crippen LogP contribution in [-0.4, -0.2) is 31.1 Å². The summed E-state index contributed by atoms with van der Waals surface area (Å²) < 4.78 is 0. The zero-order chi connectivity index (χ0) is 13.5. The molecule has 0 amide bonds. The summed E-state index contributed by atoms with van der Waals surface area (Å²) in [6.07, 6.45) is 8.23. The first kappa shape index (κ1) is 16.0. The first-order valence-electron chi connectivity index (χ1n) is 7.94. The molecule has 1 rings (SSSR count). The van der Waals surface area contributed by atoms with Crippen molar-refractivity contribution >= 4 is 0 Å². The fourth-order valence-electron chi connectivity index (χ4n) is 3.50. The molecular formula is C16H34N2. The van der Waals surface area contributed by atoms with Gasteiger partial charge in [0.05, 0.1) is 0 Å². The molecule has 0 aromatic rings. The van der Waals surface area contributed by atoms with Crippen LogP contribution in [0.5, 0.6) is 0 Å². The fraction of sp³-hybridized carbons (Fsp3) is 1.00. The highest BCUT2D eigenvalue weighted by molar-refractivity contribution is 4.79. The van der Waals surface area contributed by atoms with Gasteiger partial charge in [0, 0.05) is 6.04 Å². The Morgan fingerprint density at radius 1 is 1.22 bits per heavy atom. The van der Waals surface area contributed by atoms with Crippen LogP contribution in [0.1, 0.15) is 59.3 Å². The normalized spacial score (nSPS) is 26.8. The molecule has 1 aliphatic rings. The van der Waals surface area contributed by atoms with Gasteiger partial charge >= 0.3 is 0 Å². The quantitative estimate of drug-likeness (QED) is 0.753. The van der Waals surface area contributed by atoms with Crippen molar-refractivity contribution < 1.29 is 0 Å². The van der Waals surface area contributed by atoms with Crippen LogP contribution in [0, 0.1) is 17.8 Å². The average molecular weight is 254 g/mol. The van der Waals surface area contributed by atoms with Crippen LogP contribution in [0.2, 0.25) is 0 Å². The maximum absolute atomic E-state index is 5.89. The Balaban J connectivity index is 2.31. The van der Waals surface area contributed by atoms with E-state index in [1.807, 2.05) is 0 Å². The van der Waals surface area contributed by atoms with Crippen molar-refractivity contribution in [2.24, 2.45) is 23.5 Å². The lowest BCUT2D eigenvalue weighted by molar-refractivity contribution is 0.131. The molecular weight excluding hydrogens is 220 g/mol. The van der Waals surface area contributed by atoms with Gasteiger partial charge in [-0.05, 0) is 63.6 Å². The van der Waals surface area contributed by atoms with E-state index >= 15 is 0 Å². The van der Waals surface area contributed by atoms with Gasteiger partial charge in [-0.15, -0.1) is 0 Å². The summed E-state index contributed by atoms with van der Waals surface area (Å²) in [5.41, 5.74) is 5.89. The minimum Gasteiger partial charge on any atom is -0.330 e. The Hall–Kier alpha value is -0.0800. The van der Waals surface area contributed by atoms with Crippen LogP contribution >= 0.6 is 0 Å². The third kappa shape index (κ3) is 5.27. The molecule has 0 bridgehead atoms. The average Bonchev–Trinajstić information content (AvgIpc) is 2.34. The van der Waals surface area contributed by atoms with Crippen molar-refractivity contribution in [3.63, 3.8) is 0 Å². The number of hydrogen-bond donors (Lipinski definition) is 1. The Morgan fingerprint density at radius 2 is 1.89 bits per heavy atom. The molecule has 2 nitrogen and oxygen atoms in total. The van der Waals surface area contributed by atoms with Crippen molar-refractivity contribution in [2.45, 2.75) is 65.3 Å². The highest BCUT2D eigenvalue weighted by Crippen LogP contribution is 2.27. The topological polar surface area (TPSA) is 29.3 Å². The molecule has 1 saturated carbocycles. The minimum atomic E-state index is 0.714. The molecule has 0 aliphatic heterocycles. The van der Waals surface area contributed by atoms with E-state index in [9.17, 15) is 0 Å². The highest BCUT2D eigenvalue weighted by Gasteiger charge is 2.25. The Bertz CT molecular complexity index is 215. The lowest BCUT2D eigenvalue weighted by Gasteiger charge is -2.37. The van der Waals surface area contributed by atoms with Crippen LogP contribution in [0.3, 0.4) is 0 Å². The first-order valence-corrected chi connectivity index (χ1v) is 7.94. The Labute approximate surface area is 114 Å². The van der Waals surface area contributed by atoms with E-state index in [2.05, 4.69) is 32.7 Å². The summed E-state index contributed by atoms with van der Waals surface area (Å²) in [6.45, 7) is 9.11. The second-order valence-electron chi connectivity index (χ2n) is 6.83. The molecule has 1 fully saturated rings. The first-order chi connectivity index (χ1) is 8.54. The van der Waals surface area contributed by atoms with Crippen LogP contribution in [-0.2, 0) is 0 Å². The summed E-state index contributed by atoms with van der Waals surface area (Å²) >= 11 is 0. The monoisotopic (exact) mass is 254 g/mol. The molecule has 1 aliphatic carbocycles. The summed E-state index contributed by atoms with van der Waals surface area (Å²) in [4.78, 5) is 2.60. The van der Waals surface area contributed by atoms with E-state index in [1.165, 1.54) is 45.1 Å². The smallest absolute Gasteiger partial charge is 0.0118 e. The van der Waals surface area contributed by atoms with Gasteiger partial charge in [0.15, 0.2) is 0 Å². The zero-order valence-corrected chi connectivity index (χ0v) is 13.0. The van der Waals surface area contributed by atoms with Crippen molar-refractivity contribution in [3.05, 3.63) is 0 Å². The highest BCUT2D eigenvalue weighted by atomic mass is 15.1. The number of nitrogens with two attached hydrogens (primary N) is 1. The summed E-state index contributed by atoms with van der Waals surface area (Å²) in [6, 6.07) is 0.816. The number of nitrogens with zero attached hydrogens (tertiary/aromatic N) is 1. The molecule has 3 unspecified atom stereocenters. The molecule has 2 heteroatoms. The lowest BCUT2D eigenvalue weighted by atomic mass is 9.84. The molecule has 0 aromatic carbocycles. The maximum atomic E-state index is 5.89. The van der Waals surface area contributed by atoms with E-state index in [0.29, 0.717) is 5.92 Å². The van der Waals surface area contributed by atoms with Gasteiger partial charge in [0.1, 0.15) is 0 Å². The van der Waals surface area contributed by atoms with Crippen LogP contribution < -0.4 is 5.73 Å². The molecule has 0 radical (unpaired) electrons. The maximum Gasteiger partial charge on any atom is 0.0118 e. The molecule has 0 spiro atoms. The molecule has 2 N–H and O–H groups in total. The van der Waals surface area contributed by atoms with Crippen molar-refractivity contribution in [1.29, 1.82) is 0 Å². The third-order valence-corrected chi connectivity index (χ3v) is 4.66. The van der Waals surface area contributed by atoms with Gasteiger partial charge in [-0.3, -0.25) is 0 Å². The third-order valence-electron chi connectivity index (χ3n) is 4.66. The molecule has 0 heterocycles. The fourth-order valence-corrected chi connectivity index (χ4v) is 3.50. The number of rotatable bonds is 7. The Kier molecular flexibility index (Phi) is 7.25. The van der Waals surface area contributed by atoms with Crippen LogP contribution in [0.4, 0.5) is 0 Å². The molecule has 0 aromatic heterocycles. The second-order valence-corrected chi connectivity index (χ2v) is 6.83. The van der Waals surface area contributed by atoms with E-state index in [4.69, 9.17) is 5.73 Å². The van der Waals surface area contributed by atoms with E-state index in [1.54, 1.807) is 0 Å². The number of hydrogen-bond acceptors (Lipinski definition) is 2. The van der Waals surface area contributed by atoms with Crippen LogP contribution in [0.15, 0.2) is 0 Å². The summed E-state index contributed by atoms with van der Waals surface area (Å²) in [5.74, 6) is 2.37. The second kappa shape index (κ2) is 8.16. The van der Waals surface area contributed by atoms with E-state index < -0.39 is 0 Å². The minimum absolute atomic E-state index is 0.714. The summed E-state index contributed by atoms with van der Waals surface area (Å²) in [5, 5.41) is 0. The van der Waals surface area contributed by atoms with Gasteiger partial charge in [-0.1, -0.05) is 33.6 Å². The molecule has 108 valence electrons. The van der Waals surface area contributed by atoms with Crippen molar-refractivity contribution in [2.75, 3.05) is 20.1 Å². The van der Waals surface area contributed by atoms with Crippen molar-refractivity contribution in [3.8, 4) is 0 Å². The van der Waals surface area contributed by atoms with Gasteiger partial charge in [0.2, 0.25) is 0 Å². The van der Waals surface area contributed by atoms with Gasteiger partial charge < -0.3 is 10.6 Å². The van der Waals surface area contributed by atoms with E-state index in [0.717, 1.165) is 24.4 Å². The van der Waals surface area contributed by atoms with Crippen LogP contribution in [0.25, 0.3) is 0 Å². The van der Waals surface area contributed by atoms with Gasteiger partial charge in [-0.25, -0.2) is 0 Å². The Morgan fingerprint density at radius 3 is 2.44 bits per heavy atom. The standard InChI is InChI=1S/C16H34N2/c1-13(2)11-15(12-17)9-10-18(4)16-8-6-5-7-14(16)3/h13-16H,5-12,17H2,1-4H3. The molecule has 18 heavy (non-hydrogen) atoms. The van der Waals surface area contributed by atoms with Gasteiger partial charge in [-0.2, -0.15) is 0 Å². The predicted octanol–water partition coefficient (Wildman–Crippen LogP) is 3.51. The zero-order valence-electron chi connectivity index (χ0n) is 13.0. The molecule has 0 saturated heterocycles. The van der Waals surface area contributed by atoms with Crippen molar-refractivity contribution in [1.82, 2.24) is 4.90 Å². The SMILES string of the molecule is CC(C)CC(CN)CCN(C)C1CCCCC1C. The molecule has 3 atom stereocenters. The van der Waals surface area contributed by atoms with Gasteiger partial charge in [0.25, 0.3) is 0 Å². The largest absolute Gasteiger partial charge is 0.330 e. The summed E-state index contributed by atoms with van der Waals surface area (Å²) in [7, 11) is 2.31. The van der Waals surface area contributed by atoms with E-state index in [-0.39, 0.29) is 0 Å². The predicted molar refractivity (Wildman–Crippen MR) is 80.7 cm³/mol.